The molecule has 0 saturated heterocycles. The first-order valence-corrected chi connectivity index (χ1v) is 8.43. The van der Waals surface area contributed by atoms with Gasteiger partial charge in [0.15, 0.2) is 0 Å². The molecule has 0 aliphatic rings. The molecule has 0 aliphatic heterocycles. The Kier molecular flexibility index (Phi) is 8.38. The van der Waals surface area contributed by atoms with Crippen LogP contribution >= 0.6 is 0 Å². The molecule has 0 fully saturated rings. The van der Waals surface area contributed by atoms with E-state index in [-0.39, 0.29) is 12.0 Å². The van der Waals surface area contributed by atoms with Gasteiger partial charge in [0.05, 0.1) is 17.7 Å². The van der Waals surface area contributed by atoms with Gasteiger partial charge in [0.1, 0.15) is 6.10 Å². The van der Waals surface area contributed by atoms with Crippen LogP contribution in [0.15, 0.2) is 24.3 Å². The standard InChI is InChI=1S/C19H28O4/c1-5-6-7-8-12-22-18(20)16-10-9-11-17(13-16)19(21)23-15(4)14(2)3/h9-11,13-15H,5-8,12H2,1-4H3. The van der Waals surface area contributed by atoms with Crippen molar-refractivity contribution >= 4 is 11.9 Å². The summed E-state index contributed by atoms with van der Waals surface area (Å²) in [4.78, 5) is 24.1. The summed E-state index contributed by atoms with van der Waals surface area (Å²) in [5.74, 6) is -0.563. The van der Waals surface area contributed by atoms with Crippen molar-refractivity contribution in [2.45, 2.75) is 59.5 Å². The molecule has 0 amide bonds. The third kappa shape index (κ3) is 6.85. The molecule has 23 heavy (non-hydrogen) atoms. The van der Waals surface area contributed by atoms with Crippen LogP contribution in [0.2, 0.25) is 0 Å². The second-order valence-corrected chi connectivity index (χ2v) is 6.13. The summed E-state index contributed by atoms with van der Waals surface area (Å²) in [6, 6.07) is 6.50. The van der Waals surface area contributed by atoms with Crippen molar-refractivity contribution in [1.29, 1.82) is 0 Å². The van der Waals surface area contributed by atoms with E-state index in [1.165, 1.54) is 6.07 Å². The number of hydrogen-bond acceptors (Lipinski definition) is 4. The molecule has 1 atom stereocenters. The Morgan fingerprint density at radius 3 is 2.26 bits per heavy atom. The summed E-state index contributed by atoms with van der Waals surface area (Å²) in [6.45, 7) is 8.39. The molecule has 128 valence electrons. The molecule has 0 aromatic heterocycles. The minimum absolute atomic E-state index is 0.170. The SMILES string of the molecule is CCCCCCOC(=O)c1cccc(C(=O)OC(C)C(C)C)c1. The van der Waals surface area contributed by atoms with Gasteiger partial charge in [-0.05, 0) is 37.5 Å². The molecule has 0 spiro atoms. The van der Waals surface area contributed by atoms with Crippen LogP contribution in [0.3, 0.4) is 0 Å². The quantitative estimate of drug-likeness (QED) is 0.492. The molecule has 0 N–H and O–H groups in total. The van der Waals surface area contributed by atoms with Gasteiger partial charge in [-0.2, -0.15) is 0 Å². The molecular weight excluding hydrogens is 292 g/mol. The lowest BCUT2D eigenvalue weighted by Crippen LogP contribution is -2.20. The van der Waals surface area contributed by atoms with Gasteiger partial charge in [-0.3, -0.25) is 0 Å². The summed E-state index contributed by atoms with van der Waals surface area (Å²) < 4.78 is 10.6. The normalized spacial score (nSPS) is 12.0. The average Bonchev–Trinajstić information content (AvgIpc) is 2.54. The van der Waals surface area contributed by atoms with Gasteiger partial charge < -0.3 is 9.47 Å². The van der Waals surface area contributed by atoms with E-state index < -0.39 is 11.9 Å². The zero-order valence-corrected chi connectivity index (χ0v) is 14.6. The molecule has 0 saturated carbocycles. The molecule has 1 aromatic carbocycles. The third-order valence-electron chi connectivity index (χ3n) is 3.80. The lowest BCUT2D eigenvalue weighted by Gasteiger charge is -2.16. The highest BCUT2D eigenvalue weighted by molar-refractivity contribution is 5.95. The highest BCUT2D eigenvalue weighted by Crippen LogP contribution is 2.13. The number of esters is 2. The maximum atomic E-state index is 12.1. The van der Waals surface area contributed by atoms with Crippen molar-refractivity contribution in [3.63, 3.8) is 0 Å². The largest absolute Gasteiger partial charge is 0.462 e. The molecule has 0 bridgehead atoms. The number of benzene rings is 1. The van der Waals surface area contributed by atoms with Gasteiger partial charge in [-0.25, -0.2) is 9.59 Å². The topological polar surface area (TPSA) is 52.6 Å². The summed E-state index contributed by atoms with van der Waals surface area (Å²) >= 11 is 0. The van der Waals surface area contributed by atoms with Crippen molar-refractivity contribution in [3.8, 4) is 0 Å². The van der Waals surface area contributed by atoms with Crippen molar-refractivity contribution in [2.24, 2.45) is 5.92 Å². The van der Waals surface area contributed by atoms with Crippen LogP contribution in [0.4, 0.5) is 0 Å². The van der Waals surface area contributed by atoms with Crippen LogP contribution < -0.4 is 0 Å². The second kappa shape index (κ2) is 10.0. The summed E-state index contributed by atoms with van der Waals surface area (Å²) in [5, 5.41) is 0. The van der Waals surface area contributed by atoms with E-state index in [2.05, 4.69) is 6.92 Å². The van der Waals surface area contributed by atoms with Crippen LogP contribution in [-0.4, -0.2) is 24.6 Å². The summed E-state index contributed by atoms with van der Waals surface area (Å²) in [7, 11) is 0. The van der Waals surface area contributed by atoms with Crippen LogP contribution in [-0.2, 0) is 9.47 Å². The Hall–Kier alpha value is -1.84. The molecule has 1 rings (SSSR count). The third-order valence-corrected chi connectivity index (χ3v) is 3.80. The van der Waals surface area contributed by atoms with E-state index in [0.717, 1.165) is 25.7 Å². The number of carbonyl (C=O) groups is 2. The van der Waals surface area contributed by atoms with E-state index in [1.54, 1.807) is 18.2 Å². The second-order valence-electron chi connectivity index (χ2n) is 6.13. The lowest BCUT2D eigenvalue weighted by atomic mass is 10.1. The Morgan fingerprint density at radius 2 is 1.65 bits per heavy atom. The maximum absolute atomic E-state index is 12.1. The smallest absolute Gasteiger partial charge is 0.338 e. The summed E-state index contributed by atoms with van der Waals surface area (Å²) in [5.41, 5.74) is 0.755. The first-order chi connectivity index (χ1) is 11.0. The Labute approximate surface area is 139 Å². The van der Waals surface area contributed by atoms with Gasteiger partial charge in [-0.1, -0.05) is 46.1 Å². The van der Waals surface area contributed by atoms with Crippen LogP contribution in [0.5, 0.6) is 0 Å². The Morgan fingerprint density at radius 1 is 1.00 bits per heavy atom. The fourth-order valence-electron chi connectivity index (χ4n) is 1.92. The summed E-state index contributed by atoms with van der Waals surface area (Å²) in [6.07, 6.45) is 4.05. The highest BCUT2D eigenvalue weighted by Gasteiger charge is 2.16. The lowest BCUT2D eigenvalue weighted by molar-refractivity contribution is 0.0238. The first-order valence-electron chi connectivity index (χ1n) is 8.43. The van der Waals surface area contributed by atoms with E-state index in [4.69, 9.17) is 9.47 Å². The fourth-order valence-corrected chi connectivity index (χ4v) is 1.92. The van der Waals surface area contributed by atoms with Crippen molar-refractivity contribution in [3.05, 3.63) is 35.4 Å². The minimum Gasteiger partial charge on any atom is -0.462 e. The van der Waals surface area contributed by atoms with Gasteiger partial charge in [0.2, 0.25) is 0 Å². The van der Waals surface area contributed by atoms with Gasteiger partial charge >= 0.3 is 11.9 Å². The van der Waals surface area contributed by atoms with Crippen LogP contribution in [0.25, 0.3) is 0 Å². The zero-order chi connectivity index (χ0) is 17.2. The first kappa shape index (κ1) is 19.2. The Balaban J connectivity index is 2.58. The molecule has 0 heterocycles. The van der Waals surface area contributed by atoms with Crippen LogP contribution in [0, 0.1) is 5.92 Å². The minimum atomic E-state index is -0.413. The van der Waals surface area contributed by atoms with Crippen LogP contribution in [0.1, 0.15) is 74.1 Å². The van der Waals surface area contributed by atoms with Gasteiger partial charge in [0, 0.05) is 0 Å². The van der Waals surface area contributed by atoms with Crippen molar-refractivity contribution in [2.75, 3.05) is 6.61 Å². The van der Waals surface area contributed by atoms with Crippen molar-refractivity contribution < 1.29 is 19.1 Å². The zero-order valence-electron chi connectivity index (χ0n) is 14.6. The van der Waals surface area contributed by atoms with E-state index in [9.17, 15) is 9.59 Å². The molecular formula is C19H28O4. The number of carbonyl (C=O) groups excluding carboxylic acids is 2. The van der Waals surface area contributed by atoms with Gasteiger partial charge in [-0.15, -0.1) is 0 Å². The van der Waals surface area contributed by atoms with Gasteiger partial charge in [0.25, 0.3) is 0 Å². The molecule has 4 heteroatoms. The molecule has 1 unspecified atom stereocenters. The number of ether oxygens (including phenoxy) is 2. The number of hydrogen-bond donors (Lipinski definition) is 0. The highest BCUT2D eigenvalue weighted by atomic mass is 16.5. The predicted octanol–water partition coefficient (Wildman–Crippen LogP) is 4.63. The fraction of sp³-hybridized carbons (Fsp3) is 0.579. The van der Waals surface area contributed by atoms with E-state index >= 15 is 0 Å². The molecule has 0 radical (unpaired) electrons. The monoisotopic (exact) mass is 320 g/mol. The maximum Gasteiger partial charge on any atom is 0.338 e. The predicted molar refractivity (Wildman–Crippen MR) is 90.6 cm³/mol. The molecule has 1 aromatic rings. The molecule has 4 nitrogen and oxygen atoms in total. The van der Waals surface area contributed by atoms with E-state index in [1.807, 2.05) is 20.8 Å². The Bertz CT molecular complexity index is 508. The number of unbranched alkanes of at least 4 members (excludes halogenated alkanes) is 3. The number of rotatable bonds is 9. The average molecular weight is 320 g/mol. The molecule has 0 aliphatic carbocycles. The van der Waals surface area contributed by atoms with E-state index in [0.29, 0.717) is 17.7 Å². The van der Waals surface area contributed by atoms with Crippen molar-refractivity contribution in [1.82, 2.24) is 0 Å².